The summed E-state index contributed by atoms with van der Waals surface area (Å²) in [6.07, 6.45) is 4.24. The first-order valence-electron chi connectivity index (χ1n) is 48.2. The number of fused-ring (bicyclic) bond motifs is 30. The Morgan fingerprint density at radius 2 is 0.560 bits per heavy atom. The van der Waals surface area contributed by atoms with E-state index < -0.39 is 0 Å². The first-order valence-corrected chi connectivity index (χ1v) is 48.2. The van der Waals surface area contributed by atoms with E-state index in [9.17, 15) is 5.26 Å². The van der Waals surface area contributed by atoms with Crippen molar-refractivity contribution in [3.8, 4) is 39.4 Å². The first kappa shape index (κ1) is 77.2. The van der Waals surface area contributed by atoms with Gasteiger partial charge in [0.2, 0.25) is 0 Å². The fourth-order valence-corrected chi connectivity index (χ4v) is 24.2. The lowest BCUT2D eigenvalue weighted by Crippen LogP contribution is -1.99. The zero-order valence-corrected chi connectivity index (χ0v) is 76.5. The number of rotatable bonds is 15. The van der Waals surface area contributed by atoms with Crippen LogP contribution in [0.2, 0.25) is 0 Å². The highest BCUT2D eigenvalue weighted by atomic mass is 16.3. The molecule has 6 nitrogen and oxygen atoms in total. The molecular formula is C128H94N4O2. The zero-order valence-electron chi connectivity index (χ0n) is 76.5. The number of nitriles is 1. The van der Waals surface area contributed by atoms with E-state index in [1.54, 1.807) is 0 Å². The number of hydrogen-bond donors (Lipinski definition) is 0. The third-order valence-electron chi connectivity index (χ3n) is 31.8. The van der Waals surface area contributed by atoms with Gasteiger partial charge in [-0.25, -0.2) is 0 Å². The van der Waals surface area contributed by atoms with Gasteiger partial charge in [-0.05, 0) is 345 Å². The maximum Gasteiger partial charge on any atom is 0.143 e. The Balaban J connectivity index is 0.488. The summed E-state index contributed by atoms with van der Waals surface area (Å²) in [4.78, 5) is 0. The molecule has 4 unspecified atom stereocenters. The minimum atomic E-state index is 0.338. The maximum absolute atomic E-state index is 10.1. The van der Waals surface area contributed by atoms with Crippen LogP contribution in [0.25, 0.3) is 256 Å². The topological polar surface area (TPSA) is 63.3 Å². The fourth-order valence-electron chi connectivity index (χ4n) is 24.2. The molecule has 0 fully saturated rings. The molecule has 0 N–H and O–H groups in total. The van der Waals surface area contributed by atoms with Crippen LogP contribution in [0.4, 0.5) is 0 Å². The lowest BCUT2D eigenvalue weighted by molar-refractivity contribution is 0.574. The van der Waals surface area contributed by atoms with Gasteiger partial charge in [0.1, 0.15) is 22.3 Å². The van der Waals surface area contributed by atoms with E-state index in [2.05, 4.69) is 397 Å². The number of benzene rings is 20. The Bertz CT molecular complexity index is 9990. The summed E-state index contributed by atoms with van der Waals surface area (Å²) < 4.78 is 20.9. The van der Waals surface area contributed by atoms with Gasteiger partial charge in [-0.15, -0.1) is 0 Å². The number of hydrogen-bond acceptors (Lipinski definition) is 3. The second kappa shape index (κ2) is 28.5. The maximum atomic E-state index is 10.1. The van der Waals surface area contributed by atoms with Crippen LogP contribution in [0.1, 0.15) is 161 Å². The molecule has 6 heteroatoms. The standard InChI is InChI=1S/C128H94N4O2/c1-68(2)76-27-33-83-61-116-103(49-89(83)42-76)110-55-95(82-39-40-124-109(48-82)100-16-11-12-19-122(100)133-124)56-111-104-51-91-44-78(29-35-85(91)63-117(104)130(116)125(110)111)70(5)21-22-71(6)79-30-36-86-64-119-106(52-92(86)45-79)112-57-96(98-17-14-18-101-99-15-10-13-20-123(99)134-128(98)101)58-113-107-53-93-46-80(31-37-87(93)65-120(107)131(119)126(112)113)72(7)23-24-73(8)81-32-38-88-66-121-108(54-94(88)47-81)115-60-97(102-41-75(67-129)26-25-74(102)9)59-114-105-50-90-43-77(69(3)4)28-34-84(90)62-118(105)132(121)127(114)115/h10-20,25-66,68-73H,21-24H2,1-9H3. The highest BCUT2D eigenvalue weighted by molar-refractivity contribution is 6.31. The summed E-state index contributed by atoms with van der Waals surface area (Å²) in [6.45, 7) is 21.0. The van der Waals surface area contributed by atoms with Crippen molar-refractivity contribution in [2.75, 3.05) is 0 Å². The number of aromatic nitrogens is 3. The van der Waals surface area contributed by atoms with Crippen LogP contribution in [0.5, 0.6) is 0 Å². The van der Waals surface area contributed by atoms with Crippen LogP contribution in [0.15, 0.2) is 330 Å². The number of aryl methyl sites for hydroxylation is 1. The predicted octanol–water partition coefficient (Wildman–Crippen LogP) is 36.7. The van der Waals surface area contributed by atoms with Crippen LogP contribution in [-0.4, -0.2) is 13.2 Å². The molecule has 0 saturated heterocycles. The average molecular weight is 1720 g/mol. The Hall–Kier alpha value is -15.6. The molecule has 0 spiro atoms. The van der Waals surface area contributed by atoms with Crippen molar-refractivity contribution in [2.45, 2.75) is 124 Å². The average Bonchev–Trinajstić information content (AvgIpc) is 1.54. The summed E-state index contributed by atoms with van der Waals surface area (Å²) in [5.74, 6) is 2.25. The first-order chi connectivity index (χ1) is 65.5. The molecule has 0 amide bonds. The molecule has 0 saturated carbocycles. The highest BCUT2D eigenvalue weighted by Gasteiger charge is 2.29. The monoisotopic (exact) mass is 1720 g/mol. The van der Waals surface area contributed by atoms with Gasteiger partial charge in [0.05, 0.1) is 61.3 Å². The van der Waals surface area contributed by atoms with E-state index in [-0.39, 0.29) is 0 Å². The number of para-hydroxylation sites is 3. The van der Waals surface area contributed by atoms with E-state index >= 15 is 0 Å². The van der Waals surface area contributed by atoms with Crippen molar-refractivity contribution in [2.24, 2.45) is 0 Å². The van der Waals surface area contributed by atoms with Crippen molar-refractivity contribution in [1.29, 1.82) is 5.26 Å². The van der Waals surface area contributed by atoms with Crippen molar-refractivity contribution >= 4 is 223 Å². The molecule has 0 aliphatic rings. The van der Waals surface area contributed by atoms with Gasteiger partial charge in [-0.1, -0.05) is 231 Å². The van der Waals surface area contributed by atoms with E-state index in [0.717, 1.165) is 97.4 Å². The molecule has 8 heterocycles. The van der Waals surface area contributed by atoms with Crippen molar-refractivity contribution in [3.63, 3.8) is 0 Å². The molecule has 28 rings (SSSR count). The van der Waals surface area contributed by atoms with Crippen molar-refractivity contribution in [3.05, 3.63) is 366 Å². The van der Waals surface area contributed by atoms with Gasteiger partial charge < -0.3 is 22.0 Å². The van der Waals surface area contributed by atoms with E-state index in [0.29, 0.717) is 41.1 Å². The Labute approximate surface area is 773 Å². The fraction of sp³-hybridized carbons (Fsp3) is 0.148. The Morgan fingerprint density at radius 3 is 0.940 bits per heavy atom. The largest absolute Gasteiger partial charge is 0.456 e. The third kappa shape index (κ3) is 11.4. The van der Waals surface area contributed by atoms with Crippen LogP contribution >= 0.6 is 0 Å². The quantitative estimate of drug-likeness (QED) is 0.103. The van der Waals surface area contributed by atoms with Crippen molar-refractivity contribution < 1.29 is 8.83 Å². The predicted molar refractivity (Wildman–Crippen MR) is 569 cm³/mol. The van der Waals surface area contributed by atoms with Gasteiger partial charge in [-0.2, -0.15) is 5.26 Å². The van der Waals surface area contributed by atoms with Gasteiger partial charge in [0.15, 0.2) is 0 Å². The number of furan rings is 2. The second-order valence-electron chi connectivity index (χ2n) is 40.4. The molecule has 8 aromatic heterocycles. The lowest BCUT2D eigenvalue weighted by atomic mass is 9.87. The summed E-state index contributed by atoms with van der Waals surface area (Å²) >= 11 is 0. The summed E-state index contributed by atoms with van der Waals surface area (Å²) in [6, 6.07) is 126. The molecule has 0 aliphatic heterocycles. The summed E-state index contributed by atoms with van der Waals surface area (Å²) in [7, 11) is 0. The molecular weight excluding hydrogens is 1630 g/mol. The Morgan fingerprint density at radius 1 is 0.239 bits per heavy atom. The van der Waals surface area contributed by atoms with Gasteiger partial charge in [0, 0.05) is 91.7 Å². The lowest BCUT2D eigenvalue weighted by Gasteiger charge is -2.18. The Kier molecular flexibility index (Phi) is 16.4. The van der Waals surface area contributed by atoms with Crippen LogP contribution < -0.4 is 0 Å². The van der Waals surface area contributed by atoms with Crippen LogP contribution in [0.3, 0.4) is 0 Å². The molecule has 134 heavy (non-hydrogen) atoms. The normalized spacial score (nSPS) is 13.7. The number of nitrogens with zero attached hydrogens (tertiary/aromatic N) is 4. The van der Waals surface area contributed by atoms with E-state index in [1.807, 2.05) is 6.07 Å². The smallest absolute Gasteiger partial charge is 0.143 e. The van der Waals surface area contributed by atoms with Gasteiger partial charge in [0.25, 0.3) is 0 Å². The molecule has 4 atom stereocenters. The molecule has 0 bridgehead atoms. The second-order valence-corrected chi connectivity index (χ2v) is 40.4. The SMILES string of the molecule is Cc1ccc(C#N)cc1-c1cc2c3cc4cc(C(C)C)ccc4cc3n3c4cc5ccc(C(C)CCC(C)c6ccc7cc8c(cc7c6)c6cc(-c7cccc9c7oc7ccccc79)cc7c9cc%10cc(C(C)CCC(C)c%11ccc%12cc%13c(cc%12c%11)c%11cc(-c%12ccc%14oc%15ccccc%15c%14c%12)cc%12c%14cc%15cc(C(C)C)ccc%15cc%14n%13c%12%11)ccc%10cc9n8c76)cc5cc4c(c1)c23. The molecule has 0 aliphatic carbocycles. The van der Waals surface area contributed by atoms with Gasteiger partial charge in [-0.3, -0.25) is 0 Å². The summed E-state index contributed by atoms with van der Waals surface area (Å²) in [5.41, 5.74) is 31.8. The third-order valence-corrected chi connectivity index (χ3v) is 31.8. The molecule has 20 aromatic carbocycles. The van der Waals surface area contributed by atoms with E-state index in [4.69, 9.17) is 8.83 Å². The van der Waals surface area contributed by atoms with Crippen molar-refractivity contribution in [1.82, 2.24) is 13.2 Å². The van der Waals surface area contributed by atoms with Crippen LogP contribution in [0, 0.1) is 18.3 Å². The zero-order chi connectivity index (χ0) is 89.4. The minimum absolute atomic E-state index is 0.338. The molecule has 0 radical (unpaired) electrons. The molecule has 638 valence electrons. The molecule has 28 aromatic rings. The van der Waals surface area contributed by atoms with Gasteiger partial charge >= 0.3 is 0 Å². The minimum Gasteiger partial charge on any atom is -0.456 e. The van der Waals surface area contributed by atoms with Crippen LogP contribution in [-0.2, 0) is 0 Å². The van der Waals surface area contributed by atoms with E-state index in [1.165, 1.54) is 223 Å². The summed E-state index contributed by atoms with van der Waals surface area (Å²) in [5, 5.41) is 45.0. The highest BCUT2D eigenvalue weighted by Crippen LogP contribution is 2.52.